The van der Waals surface area contributed by atoms with Crippen LogP contribution in [0, 0.1) is 0 Å². The molecule has 0 fully saturated rings. The van der Waals surface area contributed by atoms with Crippen molar-refractivity contribution in [1.29, 1.82) is 0 Å². The van der Waals surface area contributed by atoms with Gasteiger partial charge in [0.15, 0.2) is 0 Å². The second kappa shape index (κ2) is 13.3. The third-order valence-corrected chi connectivity index (χ3v) is 6.67. The van der Waals surface area contributed by atoms with Crippen molar-refractivity contribution >= 4 is 40.1 Å². The van der Waals surface area contributed by atoms with E-state index in [0.29, 0.717) is 29.6 Å². The molecular weight excluding hydrogens is 493 g/mol. The van der Waals surface area contributed by atoms with E-state index in [0.717, 1.165) is 66.8 Å². The summed E-state index contributed by atoms with van der Waals surface area (Å²) >= 11 is 12.1. The number of nitrogens with one attached hydrogen (secondary N) is 1. The molecule has 3 aromatic carbocycles. The summed E-state index contributed by atoms with van der Waals surface area (Å²) in [5.74, 6) is 1.94. The minimum absolute atomic E-state index is 0.00529. The van der Waals surface area contributed by atoms with E-state index in [1.54, 1.807) is 0 Å². The van der Waals surface area contributed by atoms with E-state index in [1.165, 1.54) is 0 Å². The van der Waals surface area contributed by atoms with Crippen LogP contribution in [0.3, 0.4) is 0 Å². The number of aryl methyl sites for hydroxylation is 2. The SMILES string of the molecule is O=C(Cc1ccccc1Cl)NCCCCCc1nc2ccccc2n1CCCOc1ccc(Cl)cc1. The second-order valence-corrected chi connectivity index (χ2v) is 9.60. The zero-order valence-electron chi connectivity index (χ0n) is 20.3. The van der Waals surface area contributed by atoms with Crippen LogP contribution in [0.2, 0.25) is 10.0 Å². The number of carbonyl (C=O) groups excluding carboxylic acids is 1. The van der Waals surface area contributed by atoms with Crippen molar-refractivity contribution in [1.82, 2.24) is 14.9 Å². The van der Waals surface area contributed by atoms with Gasteiger partial charge in [-0.1, -0.05) is 60.0 Å². The highest BCUT2D eigenvalue weighted by Gasteiger charge is 2.11. The quantitative estimate of drug-likeness (QED) is 0.194. The molecule has 0 saturated heterocycles. The molecule has 36 heavy (non-hydrogen) atoms. The molecule has 5 nitrogen and oxygen atoms in total. The predicted octanol–water partition coefficient (Wildman–Crippen LogP) is 6.88. The zero-order valence-corrected chi connectivity index (χ0v) is 21.8. The van der Waals surface area contributed by atoms with Gasteiger partial charge >= 0.3 is 0 Å². The van der Waals surface area contributed by atoms with Gasteiger partial charge in [0.25, 0.3) is 0 Å². The lowest BCUT2D eigenvalue weighted by molar-refractivity contribution is -0.120. The lowest BCUT2D eigenvalue weighted by atomic mass is 10.1. The van der Waals surface area contributed by atoms with Gasteiger partial charge in [0, 0.05) is 29.6 Å². The zero-order chi connectivity index (χ0) is 25.2. The number of para-hydroxylation sites is 2. The standard InChI is InChI=1S/C29H31Cl2N3O2/c30-23-14-16-24(17-15-23)36-20-8-19-34-27-12-6-5-11-26(27)33-28(34)13-2-1-7-18-32-29(35)21-22-9-3-4-10-25(22)31/h3-6,9-12,14-17H,1-2,7-8,13,18-21H2,(H,32,35). The summed E-state index contributed by atoms with van der Waals surface area (Å²) in [6.07, 6.45) is 5.07. The van der Waals surface area contributed by atoms with Crippen molar-refractivity contribution in [2.24, 2.45) is 0 Å². The number of aromatic nitrogens is 2. The van der Waals surface area contributed by atoms with Crippen molar-refractivity contribution in [3.63, 3.8) is 0 Å². The van der Waals surface area contributed by atoms with E-state index < -0.39 is 0 Å². The number of fused-ring (bicyclic) bond motifs is 1. The highest BCUT2D eigenvalue weighted by Crippen LogP contribution is 2.20. The third-order valence-electron chi connectivity index (χ3n) is 6.05. The van der Waals surface area contributed by atoms with Crippen LogP contribution in [-0.2, 0) is 24.2 Å². The van der Waals surface area contributed by atoms with E-state index in [1.807, 2.05) is 54.6 Å². The monoisotopic (exact) mass is 523 g/mol. The van der Waals surface area contributed by atoms with Gasteiger partial charge in [-0.3, -0.25) is 4.79 Å². The average Bonchev–Trinajstić information content (AvgIpc) is 3.23. The molecular formula is C29H31Cl2N3O2. The van der Waals surface area contributed by atoms with Gasteiger partial charge in [-0.2, -0.15) is 0 Å². The number of imidazole rings is 1. The first-order valence-electron chi connectivity index (χ1n) is 12.4. The fourth-order valence-electron chi connectivity index (χ4n) is 4.20. The molecule has 0 aliphatic rings. The highest BCUT2D eigenvalue weighted by molar-refractivity contribution is 6.31. The molecule has 0 radical (unpaired) electrons. The predicted molar refractivity (Wildman–Crippen MR) is 147 cm³/mol. The molecule has 1 amide bonds. The van der Waals surface area contributed by atoms with E-state index in [2.05, 4.69) is 28.1 Å². The summed E-state index contributed by atoms with van der Waals surface area (Å²) in [5, 5.41) is 4.34. The van der Waals surface area contributed by atoms with E-state index in [-0.39, 0.29) is 5.91 Å². The molecule has 0 atom stereocenters. The van der Waals surface area contributed by atoms with Crippen LogP contribution >= 0.6 is 23.2 Å². The third kappa shape index (κ3) is 7.49. The number of rotatable bonds is 13. The number of amides is 1. The van der Waals surface area contributed by atoms with Crippen molar-refractivity contribution in [2.75, 3.05) is 13.2 Å². The summed E-state index contributed by atoms with van der Waals surface area (Å²) < 4.78 is 8.18. The molecule has 188 valence electrons. The second-order valence-electron chi connectivity index (χ2n) is 8.75. The number of hydrogen-bond donors (Lipinski definition) is 1. The fourth-order valence-corrected chi connectivity index (χ4v) is 4.53. The molecule has 0 aliphatic carbocycles. The van der Waals surface area contributed by atoms with Crippen LogP contribution in [0.1, 0.15) is 37.1 Å². The molecule has 0 unspecified atom stereocenters. The summed E-state index contributed by atoms with van der Waals surface area (Å²) in [6, 6.07) is 23.2. The van der Waals surface area contributed by atoms with Gasteiger partial charge < -0.3 is 14.6 Å². The smallest absolute Gasteiger partial charge is 0.224 e. The Hall–Kier alpha value is -3.02. The van der Waals surface area contributed by atoms with E-state index in [4.69, 9.17) is 32.9 Å². The number of hydrogen-bond acceptors (Lipinski definition) is 3. The minimum atomic E-state index is 0.00529. The first kappa shape index (κ1) is 26.1. The van der Waals surface area contributed by atoms with Crippen LogP contribution < -0.4 is 10.1 Å². The highest BCUT2D eigenvalue weighted by atomic mass is 35.5. The summed E-state index contributed by atoms with van der Waals surface area (Å²) in [6.45, 7) is 2.14. The topological polar surface area (TPSA) is 56.2 Å². The number of benzene rings is 3. The Morgan fingerprint density at radius 3 is 2.50 bits per heavy atom. The summed E-state index contributed by atoms with van der Waals surface area (Å²) in [4.78, 5) is 17.1. The molecule has 4 aromatic rings. The maximum Gasteiger partial charge on any atom is 0.224 e. The Morgan fingerprint density at radius 1 is 0.889 bits per heavy atom. The van der Waals surface area contributed by atoms with E-state index >= 15 is 0 Å². The number of ether oxygens (including phenoxy) is 1. The fraction of sp³-hybridized carbons (Fsp3) is 0.310. The molecule has 0 bridgehead atoms. The average molecular weight is 524 g/mol. The Labute approximate surface area is 222 Å². The number of halogens is 2. The molecule has 1 aromatic heterocycles. The lowest BCUT2D eigenvalue weighted by Crippen LogP contribution is -2.26. The summed E-state index contributed by atoms with van der Waals surface area (Å²) in [5.41, 5.74) is 3.04. The molecule has 0 spiro atoms. The van der Waals surface area contributed by atoms with Crippen LogP contribution in [-0.4, -0.2) is 28.6 Å². The molecule has 1 heterocycles. The van der Waals surface area contributed by atoms with Crippen LogP contribution in [0.5, 0.6) is 5.75 Å². The molecule has 1 N–H and O–H groups in total. The van der Waals surface area contributed by atoms with Gasteiger partial charge in [-0.25, -0.2) is 4.98 Å². The summed E-state index contributed by atoms with van der Waals surface area (Å²) in [7, 11) is 0. The van der Waals surface area contributed by atoms with Crippen LogP contribution in [0.25, 0.3) is 11.0 Å². The molecule has 0 aliphatic heterocycles. The van der Waals surface area contributed by atoms with Gasteiger partial charge in [0.2, 0.25) is 5.91 Å². The Kier molecular flexibility index (Phi) is 9.65. The number of unbranched alkanes of at least 4 members (excludes halogenated alkanes) is 2. The maximum atomic E-state index is 12.2. The normalized spacial score (nSPS) is 11.1. The Balaban J connectivity index is 1.21. The van der Waals surface area contributed by atoms with Crippen molar-refractivity contribution in [3.05, 3.63) is 94.2 Å². The molecule has 0 saturated carbocycles. The van der Waals surface area contributed by atoms with Crippen molar-refractivity contribution < 1.29 is 9.53 Å². The number of carbonyl (C=O) groups is 1. The molecule has 7 heteroatoms. The van der Waals surface area contributed by atoms with Crippen molar-refractivity contribution in [2.45, 2.75) is 45.1 Å². The first-order valence-corrected chi connectivity index (χ1v) is 13.2. The minimum Gasteiger partial charge on any atom is -0.494 e. The van der Waals surface area contributed by atoms with Crippen molar-refractivity contribution in [3.8, 4) is 5.75 Å². The number of nitrogens with zero attached hydrogens (tertiary/aromatic N) is 2. The van der Waals surface area contributed by atoms with Gasteiger partial charge in [-0.05, 0) is 67.3 Å². The Morgan fingerprint density at radius 2 is 1.67 bits per heavy atom. The van der Waals surface area contributed by atoms with Gasteiger partial charge in [-0.15, -0.1) is 0 Å². The largest absolute Gasteiger partial charge is 0.494 e. The van der Waals surface area contributed by atoms with Crippen LogP contribution in [0.4, 0.5) is 0 Å². The lowest BCUT2D eigenvalue weighted by Gasteiger charge is -2.11. The van der Waals surface area contributed by atoms with Gasteiger partial charge in [0.05, 0.1) is 24.1 Å². The maximum absolute atomic E-state index is 12.2. The van der Waals surface area contributed by atoms with Crippen LogP contribution in [0.15, 0.2) is 72.8 Å². The Bertz CT molecular complexity index is 1270. The molecule has 4 rings (SSSR count). The first-order chi connectivity index (χ1) is 17.6. The van der Waals surface area contributed by atoms with E-state index in [9.17, 15) is 4.79 Å². The van der Waals surface area contributed by atoms with Gasteiger partial charge in [0.1, 0.15) is 11.6 Å².